The van der Waals surface area contributed by atoms with Gasteiger partial charge in [0.15, 0.2) is 11.5 Å². The SMILES string of the molecule is Cc1cccc(CCn2cnc3c(NC4CC4)nc(C(F)(F)F)nc32)c1. The monoisotopic (exact) mass is 361 g/mol. The lowest BCUT2D eigenvalue weighted by Crippen LogP contribution is -2.15. The third-order valence-corrected chi connectivity index (χ3v) is 4.36. The topological polar surface area (TPSA) is 55.6 Å². The Bertz CT molecular complexity index is 944. The van der Waals surface area contributed by atoms with Crippen molar-refractivity contribution >= 4 is 17.0 Å². The molecule has 0 amide bonds. The Morgan fingerprint density at radius 3 is 2.73 bits per heavy atom. The number of alkyl halides is 3. The maximum Gasteiger partial charge on any atom is 0.451 e. The van der Waals surface area contributed by atoms with E-state index in [1.54, 1.807) is 4.57 Å². The van der Waals surface area contributed by atoms with E-state index in [9.17, 15) is 13.2 Å². The number of nitrogens with one attached hydrogen (secondary N) is 1. The summed E-state index contributed by atoms with van der Waals surface area (Å²) in [6.07, 6.45) is -0.515. The lowest BCUT2D eigenvalue weighted by molar-refractivity contribution is -0.144. The Balaban J connectivity index is 1.68. The number of imidazole rings is 1. The summed E-state index contributed by atoms with van der Waals surface area (Å²) in [6, 6.07) is 8.22. The number of aromatic nitrogens is 4. The lowest BCUT2D eigenvalue weighted by Gasteiger charge is -2.11. The minimum absolute atomic E-state index is 0.166. The van der Waals surface area contributed by atoms with Gasteiger partial charge in [-0.3, -0.25) is 0 Å². The van der Waals surface area contributed by atoms with Crippen LogP contribution in [0.3, 0.4) is 0 Å². The van der Waals surface area contributed by atoms with Gasteiger partial charge in [-0.1, -0.05) is 29.8 Å². The van der Waals surface area contributed by atoms with Gasteiger partial charge in [-0.15, -0.1) is 0 Å². The van der Waals surface area contributed by atoms with Crippen LogP contribution in [-0.4, -0.2) is 25.6 Å². The molecule has 1 aliphatic rings. The van der Waals surface area contributed by atoms with Crippen molar-refractivity contribution in [2.75, 3.05) is 5.32 Å². The molecular weight excluding hydrogens is 343 g/mol. The average Bonchev–Trinajstić information content (AvgIpc) is 3.30. The standard InChI is InChI=1S/C18H18F3N5/c1-11-3-2-4-12(9-11)7-8-26-10-22-14-15(23-13-5-6-13)24-17(18(19,20)21)25-16(14)26/h2-4,9-10,13H,5-8H2,1H3,(H,23,24,25). The third kappa shape index (κ3) is 3.49. The molecule has 0 saturated heterocycles. The molecule has 136 valence electrons. The minimum Gasteiger partial charge on any atom is -0.365 e. The second-order valence-electron chi connectivity index (χ2n) is 6.66. The Morgan fingerprint density at radius 2 is 2.04 bits per heavy atom. The second kappa shape index (κ2) is 6.26. The van der Waals surface area contributed by atoms with Gasteiger partial charge in [0.25, 0.3) is 0 Å². The number of benzene rings is 1. The first-order chi connectivity index (χ1) is 12.4. The van der Waals surface area contributed by atoms with Crippen LogP contribution in [0.15, 0.2) is 30.6 Å². The van der Waals surface area contributed by atoms with Crippen LogP contribution in [0.5, 0.6) is 0 Å². The van der Waals surface area contributed by atoms with Crippen molar-refractivity contribution in [2.45, 2.75) is 44.9 Å². The molecule has 0 radical (unpaired) electrons. The predicted octanol–water partition coefficient (Wildman–Crippen LogP) is 3.97. The van der Waals surface area contributed by atoms with E-state index in [1.165, 1.54) is 6.33 Å². The van der Waals surface area contributed by atoms with Crippen molar-refractivity contribution in [2.24, 2.45) is 0 Å². The molecule has 0 atom stereocenters. The minimum atomic E-state index is -4.60. The van der Waals surface area contributed by atoms with Crippen LogP contribution in [0.4, 0.5) is 19.0 Å². The summed E-state index contributed by atoms with van der Waals surface area (Å²) < 4.78 is 41.3. The zero-order chi connectivity index (χ0) is 18.3. The fourth-order valence-electron chi connectivity index (χ4n) is 2.87. The van der Waals surface area contributed by atoms with E-state index in [0.717, 1.165) is 24.0 Å². The van der Waals surface area contributed by atoms with E-state index in [0.29, 0.717) is 18.5 Å². The molecule has 0 aliphatic heterocycles. The van der Waals surface area contributed by atoms with E-state index in [-0.39, 0.29) is 17.5 Å². The first-order valence-corrected chi connectivity index (χ1v) is 8.52. The van der Waals surface area contributed by atoms with E-state index >= 15 is 0 Å². The maximum absolute atomic E-state index is 13.2. The molecule has 2 aromatic heterocycles. The van der Waals surface area contributed by atoms with Gasteiger partial charge in [-0.05, 0) is 31.7 Å². The van der Waals surface area contributed by atoms with Gasteiger partial charge in [0.05, 0.1) is 6.33 Å². The fraction of sp³-hybridized carbons (Fsp3) is 0.389. The second-order valence-corrected chi connectivity index (χ2v) is 6.66. The summed E-state index contributed by atoms with van der Waals surface area (Å²) in [5, 5.41) is 3.04. The number of anilines is 1. The summed E-state index contributed by atoms with van der Waals surface area (Å²) in [5.41, 5.74) is 2.86. The van der Waals surface area contributed by atoms with Crippen LogP contribution in [0, 0.1) is 6.92 Å². The number of hydrogen-bond acceptors (Lipinski definition) is 4. The van der Waals surface area contributed by atoms with Crippen LogP contribution in [0.25, 0.3) is 11.2 Å². The van der Waals surface area contributed by atoms with Gasteiger partial charge in [-0.25, -0.2) is 15.0 Å². The predicted molar refractivity (Wildman–Crippen MR) is 91.9 cm³/mol. The van der Waals surface area contributed by atoms with Crippen LogP contribution >= 0.6 is 0 Å². The molecule has 1 saturated carbocycles. The highest BCUT2D eigenvalue weighted by molar-refractivity contribution is 5.83. The quantitative estimate of drug-likeness (QED) is 0.747. The summed E-state index contributed by atoms with van der Waals surface area (Å²) in [7, 11) is 0. The van der Waals surface area contributed by atoms with Crippen molar-refractivity contribution in [1.29, 1.82) is 0 Å². The van der Waals surface area contributed by atoms with Crippen LogP contribution in [0.1, 0.15) is 29.8 Å². The highest BCUT2D eigenvalue weighted by Gasteiger charge is 2.37. The summed E-state index contributed by atoms with van der Waals surface area (Å²) in [5.74, 6) is -0.968. The van der Waals surface area contributed by atoms with Crippen molar-refractivity contribution in [3.8, 4) is 0 Å². The molecule has 3 aromatic rings. The van der Waals surface area contributed by atoms with Gasteiger partial charge in [0, 0.05) is 12.6 Å². The van der Waals surface area contributed by atoms with Crippen molar-refractivity contribution in [3.05, 3.63) is 47.5 Å². The number of nitrogens with zero attached hydrogens (tertiary/aromatic N) is 4. The van der Waals surface area contributed by atoms with E-state index in [4.69, 9.17) is 0 Å². The molecule has 1 fully saturated rings. The summed E-state index contributed by atoms with van der Waals surface area (Å²) in [4.78, 5) is 11.7. The molecule has 2 heterocycles. The first kappa shape index (κ1) is 16.8. The highest BCUT2D eigenvalue weighted by Crippen LogP contribution is 2.32. The van der Waals surface area contributed by atoms with Crippen molar-refractivity contribution in [3.63, 3.8) is 0 Å². The molecule has 8 heteroatoms. The number of hydrogen-bond donors (Lipinski definition) is 1. The van der Waals surface area contributed by atoms with Crippen LogP contribution in [-0.2, 0) is 19.1 Å². The number of fused-ring (bicyclic) bond motifs is 1. The fourth-order valence-corrected chi connectivity index (χ4v) is 2.87. The molecule has 0 unspecified atom stereocenters. The number of halogens is 3. The van der Waals surface area contributed by atoms with Crippen LogP contribution in [0.2, 0.25) is 0 Å². The largest absolute Gasteiger partial charge is 0.451 e. The molecule has 26 heavy (non-hydrogen) atoms. The third-order valence-electron chi connectivity index (χ3n) is 4.36. The van der Waals surface area contributed by atoms with Crippen molar-refractivity contribution < 1.29 is 13.2 Å². The lowest BCUT2D eigenvalue weighted by atomic mass is 10.1. The average molecular weight is 361 g/mol. The van der Waals surface area contributed by atoms with Crippen LogP contribution < -0.4 is 5.32 Å². The zero-order valence-corrected chi connectivity index (χ0v) is 14.2. The molecule has 1 N–H and O–H groups in total. The molecule has 1 aliphatic carbocycles. The Morgan fingerprint density at radius 1 is 1.23 bits per heavy atom. The number of rotatable bonds is 5. The van der Waals surface area contributed by atoms with Gasteiger partial charge in [0.1, 0.15) is 5.52 Å². The zero-order valence-electron chi connectivity index (χ0n) is 14.2. The number of aryl methyl sites for hydroxylation is 3. The van der Waals surface area contributed by atoms with Gasteiger partial charge < -0.3 is 9.88 Å². The normalized spacial score (nSPS) is 14.8. The summed E-state index contributed by atoms with van der Waals surface area (Å²) >= 11 is 0. The molecule has 0 bridgehead atoms. The van der Waals surface area contributed by atoms with Gasteiger partial charge >= 0.3 is 6.18 Å². The smallest absolute Gasteiger partial charge is 0.365 e. The Labute approximate surface area is 148 Å². The van der Waals surface area contributed by atoms with Gasteiger partial charge in [0.2, 0.25) is 5.82 Å². The van der Waals surface area contributed by atoms with Crippen molar-refractivity contribution in [1.82, 2.24) is 19.5 Å². The molecule has 5 nitrogen and oxygen atoms in total. The maximum atomic E-state index is 13.2. The van der Waals surface area contributed by atoms with Gasteiger partial charge in [-0.2, -0.15) is 13.2 Å². The molecule has 0 spiro atoms. The first-order valence-electron chi connectivity index (χ1n) is 8.52. The molecule has 4 rings (SSSR count). The Hall–Kier alpha value is -2.64. The van der Waals surface area contributed by atoms with E-state index < -0.39 is 12.0 Å². The molecule has 1 aromatic carbocycles. The molecular formula is C18H18F3N5. The summed E-state index contributed by atoms with van der Waals surface area (Å²) in [6.45, 7) is 2.51. The van der Waals surface area contributed by atoms with E-state index in [1.807, 2.05) is 25.1 Å². The highest BCUT2D eigenvalue weighted by atomic mass is 19.4. The Kier molecular flexibility index (Phi) is 4.05. The van der Waals surface area contributed by atoms with E-state index in [2.05, 4.69) is 26.3 Å².